The predicted octanol–water partition coefficient (Wildman–Crippen LogP) is 0.444. The molecule has 1 aliphatic rings. The van der Waals surface area contributed by atoms with Gasteiger partial charge in [0.2, 0.25) is 0 Å². The number of nitrogens with one attached hydrogen (secondary N) is 1. The fraction of sp³-hybridized carbons (Fsp3) is 0.333. The number of nitrogens with zero attached hydrogens (tertiary/aromatic N) is 1. The summed E-state index contributed by atoms with van der Waals surface area (Å²) in [6, 6.07) is 0. The smallest absolute Gasteiger partial charge is 0.393 e. The van der Waals surface area contributed by atoms with Crippen molar-refractivity contribution in [1.82, 2.24) is 11.0 Å². The summed E-state index contributed by atoms with van der Waals surface area (Å²) in [5.74, 6) is 0. The Labute approximate surface area is 48.4 Å². The van der Waals surface area contributed by atoms with E-state index in [9.17, 15) is 13.2 Å². The van der Waals surface area contributed by atoms with Crippen LogP contribution in [-0.2, 0) is 4.84 Å². The third kappa shape index (κ3) is 1.26. The van der Waals surface area contributed by atoms with Crippen molar-refractivity contribution < 1.29 is 18.0 Å². The van der Waals surface area contributed by atoms with Gasteiger partial charge in [-0.25, -0.2) is 0 Å². The van der Waals surface area contributed by atoms with Gasteiger partial charge in [-0.2, -0.15) is 18.6 Å². The van der Waals surface area contributed by atoms with Crippen LogP contribution in [0, 0.1) is 0 Å². The summed E-state index contributed by atoms with van der Waals surface area (Å²) in [4.78, 5) is 3.98. The van der Waals surface area contributed by atoms with Crippen molar-refractivity contribution in [1.29, 1.82) is 0 Å². The van der Waals surface area contributed by atoms with Gasteiger partial charge in [-0.15, -0.1) is 0 Å². The maximum atomic E-state index is 11.5. The summed E-state index contributed by atoms with van der Waals surface area (Å²) in [5.41, 5.74) is 3.41. The maximum absolute atomic E-state index is 11.5. The first-order chi connectivity index (χ1) is 4.11. The van der Waals surface area contributed by atoms with Gasteiger partial charge in [-0.1, -0.05) is 0 Å². The summed E-state index contributed by atoms with van der Waals surface area (Å²) in [5, 5.41) is 0. The lowest BCUT2D eigenvalue weighted by Gasteiger charge is -2.01. The molecule has 9 heavy (non-hydrogen) atoms. The molecule has 0 aromatic carbocycles. The number of halogens is 3. The molecule has 0 aromatic heterocycles. The molecule has 0 atom stereocenters. The van der Waals surface area contributed by atoms with Gasteiger partial charge in [0.05, 0.1) is 0 Å². The van der Waals surface area contributed by atoms with Crippen LogP contribution in [0.5, 0.6) is 0 Å². The fourth-order valence-corrected chi connectivity index (χ4v) is 0.314. The molecule has 0 fully saturated rings. The lowest BCUT2D eigenvalue weighted by Crippen LogP contribution is -2.23. The van der Waals surface area contributed by atoms with Gasteiger partial charge in [0, 0.05) is 0 Å². The third-order valence-corrected chi connectivity index (χ3v) is 0.680. The van der Waals surface area contributed by atoms with E-state index in [0.717, 1.165) is 0 Å². The normalized spacial score (nSPS) is 18.3. The number of alkyl halides is 3. The molecule has 3 nitrogen and oxygen atoms in total. The van der Waals surface area contributed by atoms with Gasteiger partial charge in [0.1, 0.15) is 6.26 Å². The molecule has 0 aromatic rings. The molecule has 6 heteroatoms. The second kappa shape index (κ2) is 1.80. The van der Waals surface area contributed by atoms with Crippen molar-refractivity contribution in [3.8, 4) is 0 Å². The molecule has 0 unspecified atom stereocenters. The molecule has 0 bridgehead atoms. The molecule has 1 heterocycles. The maximum Gasteiger partial charge on any atom is 0.437 e. The van der Waals surface area contributed by atoms with Gasteiger partial charge in [0.25, 0.3) is 0 Å². The van der Waals surface area contributed by atoms with Gasteiger partial charge in [0.15, 0.2) is 5.70 Å². The van der Waals surface area contributed by atoms with E-state index < -0.39 is 11.9 Å². The standard InChI is InChI=1S/C3H2F3N2O/c4-3(5,6)2-1-9-8-7-2/h1,8H. The summed E-state index contributed by atoms with van der Waals surface area (Å²) in [6.07, 6.45) is -3.91. The highest BCUT2D eigenvalue weighted by Crippen LogP contribution is 2.24. The number of rotatable bonds is 0. The zero-order valence-electron chi connectivity index (χ0n) is 4.07. The van der Waals surface area contributed by atoms with Gasteiger partial charge in [-0.3, -0.25) is 0 Å². The molecule has 1 aliphatic heterocycles. The van der Waals surface area contributed by atoms with E-state index in [1.54, 1.807) is 5.59 Å². The summed E-state index contributed by atoms with van der Waals surface area (Å²) >= 11 is 0. The Morgan fingerprint density at radius 1 is 1.56 bits per heavy atom. The predicted molar refractivity (Wildman–Crippen MR) is 20.5 cm³/mol. The molecule has 1 rings (SSSR count). The second-order valence-electron chi connectivity index (χ2n) is 1.32. The van der Waals surface area contributed by atoms with E-state index in [1.807, 2.05) is 0 Å². The van der Waals surface area contributed by atoms with E-state index in [-0.39, 0.29) is 0 Å². The minimum absolute atomic E-state index is 0.500. The van der Waals surface area contributed by atoms with Gasteiger partial charge >= 0.3 is 6.18 Å². The average molecular weight is 139 g/mol. The van der Waals surface area contributed by atoms with Crippen LogP contribution in [0.4, 0.5) is 13.2 Å². The van der Waals surface area contributed by atoms with Crippen LogP contribution in [0.25, 0.3) is 0 Å². The quantitative estimate of drug-likeness (QED) is 0.528. The molecule has 0 aliphatic carbocycles. The molecule has 51 valence electrons. The number of hydrogen-bond acceptors (Lipinski definition) is 2. The van der Waals surface area contributed by atoms with Crippen molar-refractivity contribution in [2.24, 2.45) is 0 Å². The highest BCUT2D eigenvalue weighted by Gasteiger charge is 2.38. The SMILES string of the molecule is FC(F)(F)C1=CON[N]1. The Morgan fingerprint density at radius 2 is 2.22 bits per heavy atom. The van der Waals surface area contributed by atoms with Crippen molar-refractivity contribution >= 4 is 0 Å². The fourth-order valence-electron chi connectivity index (χ4n) is 0.314. The Bertz CT molecular complexity index is 140. The zero-order valence-corrected chi connectivity index (χ0v) is 4.07. The highest BCUT2D eigenvalue weighted by atomic mass is 19.4. The van der Waals surface area contributed by atoms with Crippen LogP contribution in [-0.4, -0.2) is 6.18 Å². The third-order valence-electron chi connectivity index (χ3n) is 0.680. The molecule has 0 saturated carbocycles. The van der Waals surface area contributed by atoms with Crippen molar-refractivity contribution in [2.45, 2.75) is 6.18 Å². The van der Waals surface area contributed by atoms with Gasteiger partial charge < -0.3 is 4.84 Å². The lowest BCUT2D eigenvalue weighted by molar-refractivity contribution is -0.0971. The van der Waals surface area contributed by atoms with Crippen molar-refractivity contribution in [3.63, 3.8) is 0 Å². The average Bonchev–Trinajstić information content (AvgIpc) is 2.08. The first-order valence-corrected chi connectivity index (χ1v) is 1.99. The van der Waals surface area contributed by atoms with E-state index in [0.29, 0.717) is 6.26 Å². The van der Waals surface area contributed by atoms with E-state index in [2.05, 4.69) is 10.3 Å². The molecule has 0 saturated heterocycles. The highest BCUT2D eigenvalue weighted by molar-refractivity contribution is 5.03. The van der Waals surface area contributed by atoms with E-state index in [4.69, 9.17) is 0 Å². The van der Waals surface area contributed by atoms with E-state index in [1.165, 1.54) is 0 Å². The Balaban J connectivity index is 2.61. The molecular formula is C3H2F3N2O. The van der Waals surface area contributed by atoms with Crippen LogP contribution < -0.4 is 11.0 Å². The monoisotopic (exact) mass is 139 g/mol. The van der Waals surface area contributed by atoms with Gasteiger partial charge in [-0.05, 0) is 5.59 Å². The molecule has 0 spiro atoms. The van der Waals surface area contributed by atoms with Crippen molar-refractivity contribution in [2.75, 3.05) is 0 Å². The Hall–Kier alpha value is -0.910. The van der Waals surface area contributed by atoms with Crippen molar-refractivity contribution in [3.05, 3.63) is 12.0 Å². The second-order valence-corrected chi connectivity index (χ2v) is 1.32. The molecule has 1 radical (unpaired) electrons. The topological polar surface area (TPSA) is 35.4 Å². The summed E-state index contributed by atoms with van der Waals surface area (Å²) in [6.45, 7) is 0. The molecule has 1 N–H and O–H groups in total. The zero-order chi connectivity index (χ0) is 6.91. The van der Waals surface area contributed by atoms with Crippen LogP contribution >= 0.6 is 0 Å². The summed E-state index contributed by atoms with van der Waals surface area (Å²) in [7, 11) is 0. The Morgan fingerprint density at radius 3 is 2.44 bits per heavy atom. The summed E-state index contributed by atoms with van der Waals surface area (Å²) < 4.78 is 34.4. The minimum Gasteiger partial charge on any atom is -0.393 e. The lowest BCUT2D eigenvalue weighted by atomic mass is 10.5. The number of allylic oxidation sites excluding steroid dienone is 1. The largest absolute Gasteiger partial charge is 0.437 e. The van der Waals surface area contributed by atoms with E-state index >= 15 is 0 Å². The van der Waals surface area contributed by atoms with Crippen LogP contribution in [0.1, 0.15) is 0 Å². The first-order valence-electron chi connectivity index (χ1n) is 1.99. The molecular weight excluding hydrogens is 137 g/mol. The van der Waals surface area contributed by atoms with Crippen LogP contribution in [0.3, 0.4) is 0 Å². The van der Waals surface area contributed by atoms with Crippen LogP contribution in [0.15, 0.2) is 12.0 Å². The van der Waals surface area contributed by atoms with Crippen LogP contribution in [0.2, 0.25) is 0 Å². The Kier molecular flexibility index (Phi) is 1.24. The number of hydrogen-bond donors (Lipinski definition) is 1. The first kappa shape index (κ1) is 6.21. The molecule has 0 amide bonds. The minimum atomic E-state index is -4.41.